The molecule has 0 unspecified atom stereocenters. The Balaban J connectivity index is 1.67. The number of hydrogen-bond acceptors (Lipinski definition) is 5. The van der Waals surface area contributed by atoms with Crippen LogP contribution in [0.3, 0.4) is 0 Å². The molecule has 6 nitrogen and oxygen atoms in total. The molecule has 0 bridgehead atoms. The van der Waals surface area contributed by atoms with Crippen molar-refractivity contribution in [1.29, 1.82) is 0 Å². The van der Waals surface area contributed by atoms with Gasteiger partial charge in [-0.05, 0) is 51.0 Å². The van der Waals surface area contributed by atoms with Crippen LogP contribution < -0.4 is 5.32 Å². The first-order valence-electron chi connectivity index (χ1n) is 8.84. The fourth-order valence-corrected chi connectivity index (χ4v) is 3.33. The highest BCUT2D eigenvalue weighted by Crippen LogP contribution is 2.23. The molecule has 0 saturated heterocycles. The summed E-state index contributed by atoms with van der Waals surface area (Å²) in [7, 11) is 0. The number of aromatic nitrogens is 4. The van der Waals surface area contributed by atoms with E-state index in [1.165, 1.54) is 11.8 Å². The topological polar surface area (TPSA) is 72.7 Å². The fraction of sp³-hybridized carbons (Fsp3) is 0.300. The van der Waals surface area contributed by atoms with E-state index in [1.807, 2.05) is 62.8 Å². The molecular weight excluding hydrogens is 358 g/mol. The van der Waals surface area contributed by atoms with Crippen molar-refractivity contribution >= 4 is 23.4 Å². The van der Waals surface area contributed by atoms with Crippen molar-refractivity contribution in [2.24, 2.45) is 0 Å². The first kappa shape index (κ1) is 19.1. The van der Waals surface area contributed by atoms with Crippen LogP contribution in [0, 0.1) is 20.8 Å². The molecule has 27 heavy (non-hydrogen) atoms. The average Bonchev–Trinajstić information content (AvgIpc) is 3.05. The van der Waals surface area contributed by atoms with E-state index in [4.69, 9.17) is 0 Å². The molecule has 2 aromatic heterocycles. The lowest BCUT2D eigenvalue weighted by Crippen LogP contribution is -2.15. The zero-order chi connectivity index (χ0) is 19.4. The summed E-state index contributed by atoms with van der Waals surface area (Å²) in [5.41, 5.74) is 5.81. The van der Waals surface area contributed by atoms with Gasteiger partial charge in [0.2, 0.25) is 5.91 Å². The summed E-state index contributed by atoms with van der Waals surface area (Å²) in [6, 6.07) is 7.75. The van der Waals surface area contributed by atoms with Gasteiger partial charge in [0.25, 0.3) is 0 Å². The Morgan fingerprint density at radius 2 is 2.04 bits per heavy atom. The number of hydrogen-bond donors (Lipinski definition) is 1. The summed E-state index contributed by atoms with van der Waals surface area (Å²) in [6.07, 6.45) is 3.70. The van der Waals surface area contributed by atoms with Gasteiger partial charge < -0.3 is 5.32 Å². The van der Waals surface area contributed by atoms with Gasteiger partial charge in [-0.3, -0.25) is 9.48 Å². The van der Waals surface area contributed by atoms with Gasteiger partial charge in [-0.1, -0.05) is 23.9 Å². The van der Waals surface area contributed by atoms with E-state index >= 15 is 0 Å². The molecule has 0 saturated carbocycles. The molecule has 7 heteroatoms. The molecule has 1 N–H and O–H groups in total. The van der Waals surface area contributed by atoms with Gasteiger partial charge in [-0.25, -0.2) is 9.97 Å². The van der Waals surface area contributed by atoms with Crippen LogP contribution in [0.5, 0.6) is 0 Å². The molecule has 1 aromatic carbocycles. The lowest BCUT2D eigenvalue weighted by molar-refractivity contribution is -0.113. The maximum Gasteiger partial charge on any atom is 0.234 e. The quantitative estimate of drug-likeness (QED) is 0.516. The van der Waals surface area contributed by atoms with Crippen molar-refractivity contribution in [3.8, 4) is 11.3 Å². The van der Waals surface area contributed by atoms with E-state index in [2.05, 4.69) is 20.4 Å². The standard InChI is InChI=1S/C20H23N5OS/c1-5-25-11-16(15(4)24-25)18-9-10-21-20(23-18)27-12-19(26)22-17-8-6-7-13(2)14(17)3/h6-11H,5,12H2,1-4H3,(H,22,26). The van der Waals surface area contributed by atoms with Crippen molar-refractivity contribution in [1.82, 2.24) is 19.7 Å². The number of benzene rings is 1. The highest BCUT2D eigenvalue weighted by atomic mass is 32.2. The highest BCUT2D eigenvalue weighted by molar-refractivity contribution is 7.99. The Hall–Kier alpha value is -2.67. The molecule has 0 spiro atoms. The van der Waals surface area contributed by atoms with Crippen LogP contribution in [0.15, 0.2) is 41.8 Å². The lowest BCUT2D eigenvalue weighted by atomic mass is 10.1. The zero-order valence-electron chi connectivity index (χ0n) is 16.0. The normalized spacial score (nSPS) is 10.8. The molecule has 0 aliphatic rings. The monoisotopic (exact) mass is 381 g/mol. The summed E-state index contributed by atoms with van der Waals surface area (Å²) in [4.78, 5) is 21.2. The molecule has 140 valence electrons. The van der Waals surface area contributed by atoms with Crippen LogP contribution in [0.4, 0.5) is 5.69 Å². The molecule has 0 radical (unpaired) electrons. The number of nitrogens with zero attached hydrogens (tertiary/aromatic N) is 4. The van der Waals surface area contributed by atoms with Gasteiger partial charge >= 0.3 is 0 Å². The summed E-state index contributed by atoms with van der Waals surface area (Å²) in [5.74, 6) is 0.182. The predicted octanol–water partition coefficient (Wildman–Crippen LogP) is 4.02. The number of thioether (sulfide) groups is 1. The van der Waals surface area contributed by atoms with Crippen molar-refractivity contribution in [2.45, 2.75) is 39.4 Å². The van der Waals surface area contributed by atoms with Gasteiger partial charge in [0.15, 0.2) is 5.16 Å². The first-order chi connectivity index (χ1) is 13.0. The van der Waals surface area contributed by atoms with Crippen LogP contribution in [-0.2, 0) is 11.3 Å². The Morgan fingerprint density at radius 1 is 1.22 bits per heavy atom. The van der Waals surface area contributed by atoms with Crippen LogP contribution in [0.2, 0.25) is 0 Å². The smallest absolute Gasteiger partial charge is 0.234 e. The van der Waals surface area contributed by atoms with E-state index < -0.39 is 0 Å². The lowest BCUT2D eigenvalue weighted by Gasteiger charge is -2.10. The van der Waals surface area contributed by atoms with E-state index in [1.54, 1.807) is 6.20 Å². The molecule has 1 amide bonds. The van der Waals surface area contributed by atoms with Crippen LogP contribution in [-0.4, -0.2) is 31.4 Å². The summed E-state index contributed by atoms with van der Waals surface area (Å²) in [6.45, 7) is 8.86. The number of nitrogens with one attached hydrogen (secondary N) is 1. The maximum atomic E-state index is 12.3. The van der Waals surface area contributed by atoms with Crippen LogP contribution in [0.25, 0.3) is 11.3 Å². The second kappa shape index (κ2) is 8.35. The summed E-state index contributed by atoms with van der Waals surface area (Å²) in [5, 5.41) is 7.99. The highest BCUT2D eigenvalue weighted by Gasteiger charge is 2.11. The molecular formula is C20H23N5OS. The van der Waals surface area contributed by atoms with Crippen LogP contribution >= 0.6 is 11.8 Å². The minimum absolute atomic E-state index is 0.0716. The van der Waals surface area contributed by atoms with Crippen molar-refractivity contribution < 1.29 is 4.79 Å². The minimum Gasteiger partial charge on any atom is -0.325 e. The third-order valence-corrected chi connectivity index (χ3v) is 5.25. The average molecular weight is 382 g/mol. The number of carbonyl (C=O) groups is 1. The maximum absolute atomic E-state index is 12.3. The van der Waals surface area contributed by atoms with Gasteiger partial charge in [-0.15, -0.1) is 0 Å². The van der Waals surface area contributed by atoms with Crippen LogP contribution in [0.1, 0.15) is 23.7 Å². The third-order valence-electron chi connectivity index (χ3n) is 4.39. The van der Waals surface area contributed by atoms with Crippen molar-refractivity contribution in [2.75, 3.05) is 11.1 Å². The minimum atomic E-state index is -0.0716. The third kappa shape index (κ3) is 4.54. The second-order valence-electron chi connectivity index (χ2n) is 6.29. The predicted molar refractivity (Wildman–Crippen MR) is 109 cm³/mol. The zero-order valence-corrected chi connectivity index (χ0v) is 16.8. The van der Waals surface area contributed by atoms with Gasteiger partial charge in [0, 0.05) is 30.2 Å². The molecule has 3 aromatic rings. The Kier molecular flexibility index (Phi) is 5.91. The van der Waals surface area contributed by atoms with Gasteiger partial charge in [-0.2, -0.15) is 5.10 Å². The Morgan fingerprint density at radius 3 is 2.78 bits per heavy atom. The van der Waals surface area contributed by atoms with E-state index in [-0.39, 0.29) is 11.7 Å². The molecule has 3 rings (SSSR count). The Labute approximate surface area is 163 Å². The van der Waals surface area contributed by atoms with Crippen molar-refractivity contribution in [3.63, 3.8) is 0 Å². The number of rotatable bonds is 6. The number of amides is 1. The van der Waals surface area contributed by atoms with E-state index in [0.717, 1.165) is 40.3 Å². The molecule has 0 aliphatic carbocycles. The second-order valence-corrected chi connectivity index (χ2v) is 7.24. The molecule has 0 aliphatic heterocycles. The van der Waals surface area contributed by atoms with E-state index in [9.17, 15) is 4.79 Å². The first-order valence-corrected chi connectivity index (χ1v) is 9.82. The summed E-state index contributed by atoms with van der Waals surface area (Å²) < 4.78 is 1.89. The number of carbonyl (C=O) groups excluding carboxylic acids is 1. The molecule has 0 fully saturated rings. The number of aryl methyl sites for hydroxylation is 3. The fourth-order valence-electron chi connectivity index (χ4n) is 2.69. The van der Waals surface area contributed by atoms with E-state index in [0.29, 0.717) is 5.16 Å². The Bertz CT molecular complexity index is 967. The largest absolute Gasteiger partial charge is 0.325 e. The number of anilines is 1. The summed E-state index contributed by atoms with van der Waals surface area (Å²) >= 11 is 1.32. The van der Waals surface area contributed by atoms with Gasteiger partial charge in [0.1, 0.15) is 0 Å². The van der Waals surface area contributed by atoms with Gasteiger partial charge in [0.05, 0.1) is 17.1 Å². The SMILES string of the molecule is CCn1cc(-c2ccnc(SCC(=O)Nc3cccc(C)c3C)n2)c(C)n1. The molecule has 0 atom stereocenters. The van der Waals surface area contributed by atoms with Crippen molar-refractivity contribution in [3.05, 3.63) is 53.5 Å². The molecule has 2 heterocycles.